The highest BCUT2D eigenvalue weighted by Gasteiger charge is 2.20. The van der Waals surface area contributed by atoms with Crippen LogP contribution in [0.15, 0.2) is 48.6 Å². The van der Waals surface area contributed by atoms with E-state index in [2.05, 4.69) is 67.8 Å². The Morgan fingerprint density at radius 3 is 0.987 bits per heavy atom. The van der Waals surface area contributed by atoms with Crippen molar-refractivity contribution in [2.45, 2.75) is 386 Å². The van der Waals surface area contributed by atoms with Gasteiger partial charge in [0.15, 0.2) is 0 Å². The van der Waals surface area contributed by atoms with Crippen LogP contribution in [0.2, 0.25) is 0 Å². The maximum absolute atomic E-state index is 12.5. The van der Waals surface area contributed by atoms with Crippen LogP contribution in [0.3, 0.4) is 0 Å². The van der Waals surface area contributed by atoms with Gasteiger partial charge in [0.05, 0.1) is 25.4 Å². The summed E-state index contributed by atoms with van der Waals surface area (Å²) >= 11 is 0. The van der Waals surface area contributed by atoms with Gasteiger partial charge >= 0.3 is 5.97 Å². The first-order valence-electron chi connectivity index (χ1n) is 34.9. The van der Waals surface area contributed by atoms with Gasteiger partial charge < -0.3 is 20.3 Å². The van der Waals surface area contributed by atoms with E-state index in [4.69, 9.17) is 4.74 Å². The summed E-state index contributed by atoms with van der Waals surface area (Å²) in [5.74, 6) is -0.0318. The molecule has 0 aliphatic rings. The van der Waals surface area contributed by atoms with Crippen LogP contribution in [0.4, 0.5) is 0 Å². The third kappa shape index (κ3) is 63.0. The number of ether oxygens (including phenoxy) is 1. The van der Waals surface area contributed by atoms with E-state index < -0.39 is 12.1 Å². The Morgan fingerprint density at radius 2 is 0.641 bits per heavy atom. The Morgan fingerprint density at radius 1 is 0.359 bits per heavy atom. The number of amides is 1. The van der Waals surface area contributed by atoms with Gasteiger partial charge in [0, 0.05) is 12.8 Å². The van der Waals surface area contributed by atoms with Gasteiger partial charge in [0.1, 0.15) is 0 Å². The molecule has 458 valence electrons. The van der Waals surface area contributed by atoms with Gasteiger partial charge in [0.25, 0.3) is 0 Å². The van der Waals surface area contributed by atoms with Gasteiger partial charge in [-0.3, -0.25) is 9.59 Å². The largest absolute Gasteiger partial charge is 0.466 e. The predicted octanol–water partition coefficient (Wildman–Crippen LogP) is 22.5. The standard InChI is InChI=1S/C72H135NO5/c1-3-5-7-9-11-13-15-17-18-39-42-46-50-54-58-62-66-72(77)78-67-63-59-55-51-47-43-40-37-35-33-31-29-27-25-23-21-19-20-22-24-26-28-30-32-34-36-38-41-45-49-53-57-61-65-71(76)73-69(68-74)70(75)64-60-56-52-48-44-16-14-12-10-8-6-4-2/h13,15,18,23,25,29,31,39,69-70,74-75H,3-12,14,16-17,19-22,24,26-28,30,32-38,40-68H2,1-2H3,(H,73,76)/b15-13-,25-23-,31-29-,39-18-. The first-order valence-corrected chi connectivity index (χ1v) is 34.9. The Hall–Kier alpha value is -2.18. The van der Waals surface area contributed by atoms with Crippen LogP contribution >= 0.6 is 0 Å². The molecule has 0 spiro atoms. The summed E-state index contributed by atoms with van der Waals surface area (Å²) in [7, 11) is 0. The molecule has 0 heterocycles. The summed E-state index contributed by atoms with van der Waals surface area (Å²) in [6.07, 6.45) is 87.3. The minimum atomic E-state index is -0.662. The molecule has 0 bridgehead atoms. The molecule has 2 unspecified atom stereocenters. The molecule has 0 aromatic carbocycles. The third-order valence-electron chi connectivity index (χ3n) is 16.1. The Kier molecular flexibility index (Phi) is 65.4. The van der Waals surface area contributed by atoms with Crippen LogP contribution in [0, 0.1) is 0 Å². The number of unbranched alkanes of at least 4 members (excludes halogenated alkanes) is 46. The van der Waals surface area contributed by atoms with E-state index >= 15 is 0 Å². The molecule has 0 fully saturated rings. The summed E-state index contributed by atoms with van der Waals surface area (Å²) in [4.78, 5) is 24.5. The fourth-order valence-corrected chi connectivity index (χ4v) is 10.8. The van der Waals surface area contributed by atoms with Crippen LogP contribution in [-0.2, 0) is 14.3 Å². The molecule has 0 aromatic rings. The molecule has 3 N–H and O–H groups in total. The van der Waals surface area contributed by atoms with E-state index in [1.54, 1.807) is 0 Å². The predicted molar refractivity (Wildman–Crippen MR) is 342 cm³/mol. The van der Waals surface area contributed by atoms with E-state index in [1.165, 1.54) is 283 Å². The van der Waals surface area contributed by atoms with E-state index in [9.17, 15) is 19.8 Å². The number of allylic oxidation sites excluding steroid dienone is 8. The van der Waals surface area contributed by atoms with Crippen molar-refractivity contribution in [1.29, 1.82) is 0 Å². The quantitative estimate of drug-likeness (QED) is 0.0320. The second kappa shape index (κ2) is 67.3. The SMILES string of the molecule is CCCCCC/C=C\C/C=C\CCCCCCCC(=O)OCCCCCCCCCCC/C=C\C/C=C\CCCCCCCCCCCCCCCCCCCC(=O)NC(CO)C(O)CCCCCCCCCCCCCC. The van der Waals surface area contributed by atoms with E-state index in [0.29, 0.717) is 25.9 Å². The Bertz CT molecular complexity index is 1310. The average Bonchev–Trinajstić information content (AvgIpc) is 3.44. The lowest BCUT2D eigenvalue weighted by Crippen LogP contribution is -2.45. The van der Waals surface area contributed by atoms with Crippen molar-refractivity contribution in [3.05, 3.63) is 48.6 Å². The molecule has 6 heteroatoms. The van der Waals surface area contributed by atoms with Gasteiger partial charge in [-0.1, -0.05) is 319 Å². The fraction of sp³-hybridized carbons (Fsp3) is 0.861. The van der Waals surface area contributed by atoms with E-state index in [-0.39, 0.29) is 18.5 Å². The van der Waals surface area contributed by atoms with E-state index in [0.717, 1.165) is 57.8 Å². The lowest BCUT2D eigenvalue weighted by molar-refractivity contribution is -0.143. The molecular formula is C72H135NO5. The van der Waals surface area contributed by atoms with Crippen LogP contribution in [0.1, 0.15) is 373 Å². The lowest BCUT2D eigenvalue weighted by Gasteiger charge is -2.22. The number of aliphatic hydroxyl groups is 2. The lowest BCUT2D eigenvalue weighted by atomic mass is 10.0. The fourth-order valence-electron chi connectivity index (χ4n) is 10.8. The smallest absolute Gasteiger partial charge is 0.305 e. The van der Waals surface area contributed by atoms with Crippen molar-refractivity contribution in [2.75, 3.05) is 13.2 Å². The molecule has 0 aliphatic carbocycles. The second-order valence-corrected chi connectivity index (χ2v) is 23.9. The van der Waals surface area contributed by atoms with Gasteiger partial charge in [-0.05, 0) is 89.9 Å². The van der Waals surface area contributed by atoms with Gasteiger partial charge in [-0.15, -0.1) is 0 Å². The molecule has 0 saturated carbocycles. The monoisotopic (exact) mass is 1090 g/mol. The molecule has 0 aliphatic heterocycles. The Balaban J connectivity index is 3.37. The molecule has 0 saturated heterocycles. The number of aliphatic hydroxyl groups excluding tert-OH is 2. The normalized spacial score (nSPS) is 12.8. The molecule has 0 radical (unpaired) electrons. The van der Waals surface area contributed by atoms with Crippen molar-refractivity contribution >= 4 is 11.9 Å². The molecule has 6 nitrogen and oxygen atoms in total. The maximum Gasteiger partial charge on any atom is 0.305 e. The van der Waals surface area contributed by atoms with Gasteiger partial charge in [0.2, 0.25) is 5.91 Å². The highest BCUT2D eigenvalue weighted by atomic mass is 16.5. The molecular weight excluding hydrogens is 959 g/mol. The average molecular weight is 1090 g/mol. The van der Waals surface area contributed by atoms with Crippen LogP contribution < -0.4 is 5.32 Å². The first-order chi connectivity index (χ1) is 38.5. The summed E-state index contributed by atoms with van der Waals surface area (Å²) in [6, 6.07) is -0.539. The number of carbonyl (C=O) groups excluding carboxylic acids is 2. The zero-order chi connectivity index (χ0) is 56.4. The molecule has 0 rings (SSSR count). The first kappa shape index (κ1) is 75.8. The van der Waals surface area contributed by atoms with Gasteiger partial charge in [-0.25, -0.2) is 0 Å². The summed E-state index contributed by atoms with van der Waals surface area (Å²) in [6.45, 7) is 4.94. The van der Waals surface area contributed by atoms with Crippen molar-refractivity contribution < 1.29 is 24.5 Å². The number of nitrogens with one attached hydrogen (secondary N) is 1. The summed E-state index contributed by atoms with van der Waals surface area (Å²) < 4.78 is 5.48. The summed E-state index contributed by atoms with van der Waals surface area (Å²) in [5, 5.41) is 23.3. The van der Waals surface area contributed by atoms with Crippen molar-refractivity contribution in [2.24, 2.45) is 0 Å². The summed E-state index contributed by atoms with van der Waals surface area (Å²) in [5.41, 5.74) is 0. The van der Waals surface area contributed by atoms with Crippen molar-refractivity contribution in [3.8, 4) is 0 Å². The second-order valence-electron chi connectivity index (χ2n) is 23.9. The third-order valence-corrected chi connectivity index (χ3v) is 16.1. The molecule has 78 heavy (non-hydrogen) atoms. The topological polar surface area (TPSA) is 95.9 Å². The number of rotatable bonds is 65. The maximum atomic E-state index is 12.5. The van der Waals surface area contributed by atoms with Crippen LogP contribution in [-0.4, -0.2) is 47.4 Å². The number of carbonyl (C=O) groups is 2. The highest BCUT2D eigenvalue weighted by Crippen LogP contribution is 2.18. The number of esters is 1. The van der Waals surface area contributed by atoms with E-state index in [1.807, 2.05) is 0 Å². The molecule has 0 aromatic heterocycles. The van der Waals surface area contributed by atoms with Crippen LogP contribution in [0.25, 0.3) is 0 Å². The minimum absolute atomic E-state index is 0.000673. The zero-order valence-electron chi connectivity index (χ0n) is 52.4. The zero-order valence-corrected chi connectivity index (χ0v) is 52.4. The van der Waals surface area contributed by atoms with Crippen LogP contribution in [0.5, 0.6) is 0 Å². The highest BCUT2D eigenvalue weighted by molar-refractivity contribution is 5.76. The van der Waals surface area contributed by atoms with Crippen molar-refractivity contribution in [1.82, 2.24) is 5.32 Å². The number of hydrogen-bond donors (Lipinski definition) is 3. The molecule has 1 amide bonds. The number of hydrogen-bond acceptors (Lipinski definition) is 5. The van der Waals surface area contributed by atoms with Gasteiger partial charge in [-0.2, -0.15) is 0 Å². The Labute approximate surface area is 486 Å². The minimum Gasteiger partial charge on any atom is -0.466 e. The molecule has 2 atom stereocenters. The van der Waals surface area contributed by atoms with Crippen molar-refractivity contribution in [3.63, 3.8) is 0 Å².